The Balaban J connectivity index is 2.45. The van der Waals surface area contributed by atoms with Gasteiger partial charge in [0, 0.05) is 11.1 Å². The molecule has 2 N–H and O–H groups in total. The first kappa shape index (κ1) is 9.39. The Labute approximate surface area is 84.9 Å². The summed E-state index contributed by atoms with van der Waals surface area (Å²) in [6, 6.07) is 0. The number of carboxylic acid groups (broad SMARTS) is 1. The van der Waals surface area contributed by atoms with Gasteiger partial charge in [-0.25, -0.2) is 9.59 Å². The van der Waals surface area contributed by atoms with E-state index in [1.54, 1.807) is 0 Å². The van der Waals surface area contributed by atoms with Crippen LogP contribution in [0.4, 0.5) is 0 Å². The smallest absolute Gasteiger partial charge is 0.345 e. The van der Waals surface area contributed by atoms with Gasteiger partial charge in [-0.2, -0.15) is 0 Å². The van der Waals surface area contributed by atoms with Crippen LogP contribution < -0.4 is 0 Å². The fourth-order valence-electron chi connectivity index (χ4n) is 1.42. The highest BCUT2D eigenvalue weighted by atomic mass is 16.5. The molecule has 0 aromatic rings. The van der Waals surface area contributed by atoms with Crippen LogP contribution in [0, 0.1) is 5.41 Å². The van der Waals surface area contributed by atoms with Crippen molar-refractivity contribution in [2.24, 2.45) is 0 Å². The first-order valence-electron chi connectivity index (χ1n) is 4.25. The Bertz CT molecular complexity index is 468. The minimum atomic E-state index is -1.02. The zero-order chi connectivity index (χ0) is 11.0. The maximum Gasteiger partial charge on any atom is 0.345 e. The van der Waals surface area contributed by atoms with Crippen molar-refractivity contribution in [3.05, 3.63) is 34.9 Å². The van der Waals surface area contributed by atoms with Gasteiger partial charge in [-0.15, -0.1) is 0 Å². The molecule has 2 aliphatic rings. The van der Waals surface area contributed by atoms with Crippen LogP contribution in [0.25, 0.3) is 0 Å². The number of carbonyl (C=O) groups is 2. The maximum atomic E-state index is 11.2. The van der Waals surface area contributed by atoms with Crippen LogP contribution in [0.15, 0.2) is 34.9 Å². The Morgan fingerprint density at radius 3 is 2.80 bits per heavy atom. The third kappa shape index (κ3) is 1.48. The number of carbonyl (C=O) groups excluding carboxylic acids is 1. The van der Waals surface area contributed by atoms with Crippen molar-refractivity contribution < 1.29 is 19.4 Å². The third-order valence-corrected chi connectivity index (χ3v) is 2.20. The summed E-state index contributed by atoms with van der Waals surface area (Å²) in [6.45, 7) is 0. The Morgan fingerprint density at radius 1 is 1.40 bits per heavy atom. The molecule has 0 aromatic heterocycles. The van der Waals surface area contributed by atoms with E-state index in [4.69, 9.17) is 10.5 Å². The molecule has 76 valence electrons. The molecule has 1 fully saturated rings. The summed E-state index contributed by atoms with van der Waals surface area (Å²) in [5.41, 5.74) is 0.800. The molecule has 5 heteroatoms. The Morgan fingerprint density at radius 2 is 2.13 bits per heavy atom. The van der Waals surface area contributed by atoms with Crippen molar-refractivity contribution >= 4 is 17.8 Å². The molecule has 5 nitrogen and oxygen atoms in total. The van der Waals surface area contributed by atoms with Crippen LogP contribution in [0.2, 0.25) is 0 Å². The molecule has 0 aromatic carbocycles. The number of nitrogens with one attached hydrogen (secondary N) is 1. The molecule has 0 bridgehead atoms. The lowest BCUT2D eigenvalue weighted by atomic mass is 10.1. The zero-order valence-corrected chi connectivity index (χ0v) is 7.61. The van der Waals surface area contributed by atoms with E-state index >= 15 is 0 Å². The number of hydrogen-bond donors (Lipinski definition) is 2. The number of cyclic esters (lactones) is 1. The Kier molecular flexibility index (Phi) is 2.00. The van der Waals surface area contributed by atoms with E-state index in [-0.39, 0.29) is 23.5 Å². The lowest BCUT2D eigenvalue weighted by molar-refractivity contribution is -0.133. The summed E-state index contributed by atoms with van der Waals surface area (Å²) in [7, 11) is 0. The normalized spacial score (nSPS) is 19.6. The van der Waals surface area contributed by atoms with Crippen LogP contribution in [0.5, 0.6) is 0 Å². The minimum Gasteiger partial charge on any atom is -0.478 e. The SMILES string of the molecule is N=C1OC(=O)C2=CC=C(C(=O)O)CC=C12. The van der Waals surface area contributed by atoms with Crippen molar-refractivity contribution in [3.63, 3.8) is 0 Å². The molecule has 1 aliphatic heterocycles. The second kappa shape index (κ2) is 3.20. The molecule has 0 saturated carbocycles. The largest absolute Gasteiger partial charge is 0.478 e. The van der Waals surface area contributed by atoms with Crippen LogP contribution in [0.3, 0.4) is 0 Å². The number of ether oxygens (including phenoxy) is 1. The summed E-state index contributed by atoms with van der Waals surface area (Å²) >= 11 is 0. The average Bonchev–Trinajstić information content (AvgIpc) is 2.40. The highest BCUT2D eigenvalue weighted by Gasteiger charge is 2.31. The first-order chi connectivity index (χ1) is 7.09. The zero-order valence-electron chi connectivity index (χ0n) is 7.61. The summed E-state index contributed by atoms with van der Waals surface area (Å²) in [5, 5.41) is 16.1. The molecule has 0 atom stereocenters. The molecule has 1 aliphatic carbocycles. The molecule has 0 amide bonds. The fraction of sp³-hybridized carbons (Fsp3) is 0.100. The van der Waals surface area contributed by atoms with E-state index in [1.807, 2.05) is 0 Å². The van der Waals surface area contributed by atoms with Gasteiger partial charge in [0.2, 0.25) is 5.90 Å². The lowest BCUT2D eigenvalue weighted by Gasteiger charge is -1.94. The number of rotatable bonds is 1. The summed E-state index contributed by atoms with van der Waals surface area (Å²) in [4.78, 5) is 21.9. The van der Waals surface area contributed by atoms with Crippen molar-refractivity contribution in [2.75, 3.05) is 0 Å². The molecule has 0 unspecified atom stereocenters. The summed E-state index contributed by atoms with van der Waals surface area (Å²) < 4.78 is 4.59. The topological polar surface area (TPSA) is 87.5 Å². The van der Waals surface area contributed by atoms with Gasteiger partial charge >= 0.3 is 11.9 Å². The third-order valence-electron chi connectivity index (χ3n) is 2.20. The second-order valence-electron chi connectivity index (χ2n) is 3.12. The van der Waals surface area contributed by atoms with E-state index in [1.165, 1.54) is 18.2 Å². The van der Waals surface area contributed by atoms with Crippen LogP contribution in [-0.2, 0) is 14.3 Å². The number of allylic oxidation sites excluding steroid dienone is 3. The van der Waals surface area contributed by atoms with E-state index < -0.39 is 11.9 Å². The van der Waals surface area contributed by atoms with Crippen molar-refractivity contribution in [1.82, 2.24) is 0 Å². The van der Waals surface area contributed by atoms with Crippen LogP contribution in [-0.4, -0.2) is 22.9 Å². The standard InChI is InChI=1S/C10H7NO4/c11-8-6-3-1-5(9(12)13)2-4-7(6)10(14)15-8/h2-4,11H,1H2,(H,12,13). The number of hydrogen-bond acceptors (Lipinski definition) is 4. The number of esters is 1. The highest BCUT2D eigenvalue weighted by molar-refractivity contribution is 6.19. The predicted octanol–water partition coefficient (Wildman–Crippen LogP) is 0.788. The van der Waals surface area contributed by atoms with E-state index in [9.17, 15) is 9.59 Å². The maximum absolute atomic E-state index is 11.2. The number of fused-ring (bicyclic) bond motifs is 1. The van der Waals surface area contributed by atoms with Gasteiger partial charge in [0.05, 0.1) is 5.57 Å². The van der Waals surface area contributed by atoms with Crippen molar-refractivity contribution in [2.45, 2.75) is 6.42 Å². The van der Waals surface area contributed by atoms with Gasteiger partial charge in [-0.1, -0.05) is 12.2 Å². The van der Waals surface area contributed by atoms with E-state index in [0.29, 0.717) is 5.57 Å². The fourth-order valence-corrected chi connectivity index (χ4v) is 1.42. The number of carboxylic acids is 1. The Hall–Kier alpha value is -2.17. The molecule has 15 heavy (non-hydrogen) atoms. The van der Waals surface area contributed by atoms with Gasteiger partial charge in [-0.05, 0) is 12.5 Å². The molecular weight excluding hydrogens is 198 g/mol. The minimum absolute atomic E-state index is 0.184. The summed E-state index contributed by atoms with van der Waals surface area (Å²) in [5.74, 6) is -1.84. The van der Waals surface area contributed by atoms with Crippen molar-refractivity contribution in [3.8, 4) is 0 Å². The first-order valence-corrected chi connectivity index (χ1v) is 4.25. The molecule has 0 radical (unpaired) electrons. The van der Waals surface area contributed by atoms with Crippen LogP contribution in [0.1, 0.15) is 6.42 Å². The molecular formula is C10H7NO4. The number of aliphatic carboxylic acids is 1. The average molecular weight is 205 g/mol. The lowest BCUT2D eigenvalue weighted by Crippen LogP contribution is -2.00. The highest BCUT2D eigenvalue weighted by Crippen LogP contribution is 2.26. The molecule has 2 rings (SSSR count). The van der Waals surface area contributed by atoms with E-state index in [2.05, 4.69) is 4.74 Å². The summed E-state index contributed by atoms with van der Waals surface area (Å²) in [6.07, 6.45) is 4.45. The van der Waals surface area contributed by atoms with Gasteiger partial charge in [0.15, 0.2) is 0 Å². The monoisotopic (exact) mass is 205 g/mol. The van der Waals surface area contributed by atoms with E-state index in [0.717, 1.165) is 0 Å². The second-order valence-corrected chi connectivity index (χ2v) is 3.12. The van der Waals surface area contributed by atoms with Crippen molar-refractivity contribution in [1.29, 1.82) is 5.41 Å². The van der Waals surface area contributed by atoms with Gasteiger partial charge in [0.1, 0.15) is 0 Å². The van der Waals surface area contributed by atoms with Crippen LogP contribution >= 0.6 is 0 Å². The molecule has 1 saturated heterocycles. The van der Waals surface area contributed by atoms with Gasteiger partial charge < -0.3 is 9.84 Å². The molecule has 1 heterocycles. The van der Waals surface area contributed by atoms with Gasteiger partial charge in [0.25, 0.3) is 0 Å². The van der Waals surface area contributed by atoms with Gasteiger partial charge in [-0.3, -0.25) is 5.41 Å². The molecule has 0 spiro atoms. The quantitative estimate of drug-likeness (QED) is 0.619. The predicted molar refractivity (Wildman–Crippen MR) is 50.3 cm³/mol.